The molecular weight excluding hydrogens is 356 g/mol. The monoisotopic (exact) mass is 382 g/mol. The molecule has 0 bridgehead atoms. The van der Waals surface area contributed by atoms with Crippen molar-refractivity contribution >= 4 is 27.7 Å². The van der Waals surface area contributed by atoms with E-state index in [9.17, 15) is 4.79 Å². The molecule has 2 rings (SSSR count). The Bertz CT molecular complexity index is 558. The topological polar surface area (TPSA) is 50.4 Å². The van der Waals surface area contributed by atoms with E-state index >= 15 is 0 Å². The summed E-state index contributed by atoms with van der Waals surface area (Å²) in [5.74, 6) is 0. The number of rotatable bonds is 3. The van der Waals surface area contributed by atoms with Gasteiger partial charge in [0.15, 0.2) is 0 Å². The Balaban J connectivity index is 1.90. The van der Waals surface area contributed by atoms with Crippen molar-refractivity contribution in [2.45, 2.75) is 71.6 Å². The molecule has 0 saturated heterocycles. The van der Waals surface area contributed by atoms with Gasteiger partial charge in [-0.3, -0.25) is 0 Å². The average molecular weight is 383 g/mol. The minimum absolute atomic E-state index is 0.179. The summed E-state index contributed by atoms with van der Waals surface area (Å²) in [6, 6.07) is 4.81. The number of benzene rings is 1. The molecule has 1 aromatic carbocycles. The molecule has 1 amide bonds. The molecule has 0 aromatic heterocycles. The maximum absolute atomic E-state index is 11.9. The predicted octanol–water partition coefficient (Wildman–Crippen LogP) is 4.92. The van der Waals surface area contributed by atoms with E-state index in [2.05, 4.69) is 52.5 Å². The summed E-state index contributed by atoms with van der Waals surface area (Å²) >= 11 is 3.53. The summed E-state index contributed by atoms with van der Waals surface area (Å²) in [5, 5.41) is 6.62. The van der Waals surface area contributed by atoms with Crippen LogP contribution in [0.3, 0.4) is 0 Å². The molecule has 2 unspecified atom stereocenters. The van der Waals surface area contributed by atoms with Gasteiger partial charge in [-0.05, 0) is 77.1 Å². The highest BCUT2D eigenvalue weighted by Crippen LogP contribution is 2.29. The first-order valence-corrected chi connectivity index (χ1v) is 8.96. The van der Waals surface area contributed by atoms with Crippen molar-refractivity contribution < 1.29 is 9.53 Å². The van der Waals surface area contributed by atoms with Gasteiger partial charge in [0.2, 0.25) is 0 Å². The number of alkyl carbamates (subject to hydrolysis) is 1. The fourth-order valence-electron chi connectivity index (χ4n) is 3.06. The van der Waals surface area contributed by atoms with E-state index in [0.717, 1.165) is 23.7 Å². The average Bonchev–Trinajstić information content (AvgIpc) is 2.78. The first-order chi connectivity index (χ1) is 10.6. The second kappa shape index (κ2) is 7.12. The minimum atomic E-state index is -0.452. The second-order valence-electron chi connectivity index (χ2n) is 7.41. The number of carbonyl (C=O) groups is 1. The number of carbonyl (C=O) groups excluding carboxylic acids is 1. The molecule has 1 aromatic rings. The quantitative estimate of drug-likeness (QED) is 0.779. The summed E-state index contributed by atoms with van der Waals surface area (Å²) < 4.78 is 6.43. The standard InChI is InChI=1S/C18H27BrN2O2/c1-11-8-13(19)9-12(2)16(11)20-14-6-7-15(10-14)21-17(22)23-18(3,4)5/h8-9,14-15,20H,6-7,10H2,1-5H3,(H,21,22). The van der Waals surface area contributed by atoms with E-state index in [-0.39, 0.29) is 12.1 Å². The van der Waals surface area contributed by atoms with Gasteiger partial charge in [-0.15, -0.1) is 0 Å². The maximum Gasteiger partial charge on any atom is 0.407 e. The summed E-state index contributed by atoms with van der Waals surface area (Å²) in [6.07, 6.45) is 2.63. The molecule has 0 radical (unpaired) electrons. The van der Waals surface area contributed by atoms with E-state index in [0.29, 0.717) is 6.04 Å². The zero-order valence-corrected chi connectivity index (χ0v) is 16.2. The zero-order valence-electron chi connectivity index (χ0n) is 14.6. The molecule has 128 valence electrons. The predicted molar refractivity (Wildman–Crippen MR) is 98.0 cm³/mol. The Hall–Kier alpha value is -1.23. The van der Waals surface area contributed by atoms with Crippen LogP contribution < -0.4 is 10.6 Å². The lowest BCUT2D eigenvalue weighted by molar-refractivity contribution is 0.0505. The number of halogens is 1. The van der Waals surface area contributed by atoms with Gasteiger partial charge in [0, 0.05) is 22.2 Å². The highest BCUT2D eigenvalue weighted by atomic mass is 79.9. The lowest BCUT2D eigenvalue weighted by Gasteiger charge is -2.22. The molecule has 5 heteroatoms. The summed E-state index contributed by atoms with van der Waals surface area (Å²) in [4.78, 5) is 11.9. The lowest BCUT2D eigenvalue weighted by atomic mass is 10.1. The zero-order chi connectivity index (χ0) is 17.2. The van der Waals surface area contributed by atoms with E-state index in [1.54, 1.807) is 0 Å². The first kappa shape index (κ1) is 18.1. The fourth-order valence-corrected chi connectivity index (χ4v) is 3.75. The Morgan fingerprint density at radius 1 is 1.17 bits per heavy atom. The Morgan fingerprint density at radius 2 is 1.74 bits per heavy atom. The van der Waals surface area contributed by atoms with E-state index in [1.165, 1.54) is 16.8 Å². The molecule has 1 fully saturated rings. The summed E-state index contributed by atoms with van der Waals surface area (Å²) in [7, 11) is 0. The van der Waals surface area contributed by atoms with Crippen molar-refractivity contribution in [3.63, 3.8) is 0 Å². The SMILES string of the molecule is Cc1cc(Br)cc(C)c1NC1CCC(NC(=O)OC(C)(C)C)C1. The van der Waals surface area contributed by atoms with E-state index in [4.69, 9.17) is 4.74 Å². The molecule has 1 saturated carbocycles. The van der Waals surface area contributed by atoms with Gasteiger partial charge in [-0.2, -0.15) is 0 Å². The van der Waals surface area contributed by atoms with E-state index in [1.807, 2.05) is 20.8 Å². The molecule has 1 aliphatic carbocycles. The number of anilines is 1. The second-order valence-corrected chi connectivity index (χ2v) is 8.33. The van der Waals surface area contributed by atoms with Crippen molar-refractivity contribution in [2.24, 2.45) is 0 Å². The van der Waals surface area contributed by atoms with Gasteiger partial charge >= 0.3 is 6.09 Å². The van der Waals surface area contributed by atoms with Gasteiger partial charge < -0.3 is 15.4 Å². The number of ether oxygens (including phenoxy) is 1. The number of hydrogen-bond donors (Lipinski definition) is 2. The molecular formula is C18H27BrN2O2. The van der Waals surface area contributed by atoms with Crippen molar-refractivity contribution in [3.05, 3.63) is 27.7 Å². The van der Waals surface area contributed by atoms with Gasteiger partial charge in [0.05, 0.1) is 0 Å². The molecule has 1 aliphatic rings. The Labute approximate surface area is 147 Å². The molecule has 2 atom stereocenters. The summed E-state index contributed by atoms with van der Waals surface area (Å²) in [5.41, 5.74) is 3.23. The van der Waals surface area contributed by atoms with Crippen LogP contribution in [0.4, 0.5) is 10.5 Å². The fraction of sp³-hybridized carbons (Fsp3) is 0.611. The highest BCUT2D eigenvalue weighted by molar-refractivity contribution is 9.10. The van der Waals surface area contributed by atoms with Gasteiger partial charge in [-0.1, -0.05) is 15.9 Å². The van der Waals surface area contributed by atoms with Crippen LogP contribution in [0, 0.1) is 13.8 Å². The highest BCUT2D eigenvalue weighted by Gasteiger charge is 2.28. The summed E-state index contributed by atoms with van der Waals surface area (Å²) in [6.45, 7) is 9.87. The third-order valence-electron chi connectivity index (χ3n) is 4.00. The Kier molecular flexibility index (Phi) is 5.61. The van der Waals surface area contributed by atoms with Gasteiger partial charge in [0.1, 0.15) is 5.60 Å². The first-order valence-electron chi connectivity index (χ1n) is 8.17. The number of hydrogen-bond acceptors (Lipinski definition) is 3. The van der Waals surface area contributed by atoms with Crippen LogP contribution >= 0.6 is 15.9 Å². The van der Waals surface area contributed by atoms with Crippen molar-refractivity contribution in [1.29, 1.82) is 0 Å². The van der Waals surface area contributed by atoms with Crippen LogP contribution in [0.25, 0.3) is 0 Å². The lowest BCUT2D eigenvalue weighted by Crippen LogP contribution is -2.38. The molecule has 23 heavy (non-hydrogen) atoms. The molecule has 0 spiro atoms. The molecule has 2 N–H and O–H groups in total. The molecule has 4 nitrogen and oxygen atoms in total. The third-order valence-corrected chi connectivity index (χ3v) is 4.46. The molecule has 0 heterocycles. The van der Waals surface area contributed by atoms with Crippen LogP contribution in [0.5, 0.6) is 0 Å². The smallest absolute Gasteiger partial charge is 0.407 e. The van der Waals surface area contributed by atoms with Crippen LogP contribution in [-0.2, 0) is 4.74 Å². The third kappa shape index (κ3) is 5.41. The van der Waals surface area contributed by atoms with Gasteiger partial charge in [0.25, 0.3) is 0 Å². The Morgan fingerprint density at radius 3 is 2.30 bits per heavy atom. The molecule has 0 aliphatic heterocycles. The van der Waals surface area contributed by atoms with Crippen molar-refractivity contribution in [2.75, 3.05) is 5.32 Å². The number of amides is 1. The van der Waals surface area contributed by atoms with Crippen molar-refractivity contribution in [3.8, 4) is 0 Å². The number of aryl methyl sites for hydroxylation is 2. The van der Waals surface area contributed by atoms with Crippen LogP contribution in [0.2, 0.25) is 0 Å². The number of nitrogens with one attached hydrogen (secondary N) is 2. The van der Waals surface area contributed by atoms with Crippen LogP contribution in [0.15, 0.2) is 16.6 Å². The minimum Gasteiger partial charge on any atom is -0.444 e. The van der Waals surface area contributed by atoms with Gasteiger partial charge in [-0.25, -0.2) is 4.79 Å². The van der Waals surface area contributed by atoms with Crippen molar-refractivity contribution in [1.82, 2.24) is 5.32 Å². The van der Waals surface area contributed by atoms with Crippen LogP contribution in [0.1, 0.15) is 51.2 Å². The maximum atomic E-state index is 11.9. The van der Waals surface area contributed by atoms with Crippen LogP contribution in [-0.4, -0.2) is 23.8 Å². The normalized spacial score (nSPS) is 21.1. The van der Waals surface area contributed by atoms with E-state index < -0.39 is 5.60 Å². The largest absolute Gasteiger partial charge is 0.444 e.